The first-order valence-corrected chi connectivity index (χ1v) is 6.85. The molecule has 0 aliphatic carbocycles. The molecule has 1 aromatic rings. The van der Waals surface area contributed by atoms with Crippen molar-refractivity contribution in [1.82, 2.24) is 10.6 Å². The third-order valence-electron chi connectivity index (χ3n) is 2.41. The molecule has 0 fully saturated rings. The van der Waals surface area contributed by atoms with Crippen LogP contribution in [0.3, 0.4) is 0 Å². The first-order valence-electron chi connectivity index (χ1n) is 6.44. The van der Waals surface area contributed by atoms with Gasteiger partial charge >= 0.3 is 0 Å². The summed E-state index contributed by atoms with van der Waals surface area (Å²) >= 11 is 5.04. The molecule has 0 aliphatic heterocycles. The van der Waals surface area contributed by atoms with Crippen LogP contribution in [0.5, 0.6) is 0 Å². The number of hydrogen-bond acceptors (Lipinski definition) is 3. The van der Waals surface area contributed by atoms with Crippen molar-refractivity contribution in [3.8, 4) is 0 Å². The third-order valence-corrected chi connectivity index (χ3v) is 2.62. The Kier molecular flexibility index (Phi) is 6.11. The zero-order valence-electron chi connectivity index (χ0n) is 11.8. The van der Waals surface area contributed by atoms with Crippen LogP contribution in [0.4, 0.5) is 5.69 Å². The highest BCUT2D eigenvalue weighted by atomic mass is 32.1. The molecule has 0 unspecified atom stereocenters. The largest absolute Gasteiger partial charge is 0.350 e. The Hall–Kier alpha value is -1.95. The normalized spacial score (nSPS) is 10.0. The van der Waals surface area contributed by atoms with E-state index in [1.807, 2.05) is 13.8 Å². The summed E-state index contributed by atoms with van der Waals surface area (Å²) in [6.45, 7) is 5.52. The molecular weight excluding hydrogens is 274 g/mol. The summed E-state index contributed by atoms with van der Waals surface area (Å²) < 4.78 is 0. The van der Waals surface area contributed by atoms with E-state index in [-0.39, 0.29) is 23.0 Å². The van der Waals surface area contributed by atoms with Crippen LogP contribution >= 0.6 is 12.2 Å². The lowest BCUT2D eigenvalue weighted by Crippen LogP contribution is -2.35. The second-order valence-electron chi connectivity index (χ2n) is 4.53. The van der Waals surface area contributed by atoms with Crippen molar-refractivity contribution in [3.63, 3.8) is 0 Å². The summed E-state index contributed by atoms with van der Waals surface area (Å²) in [7, 11) is 0. The molecule has 3 N–H and O–H groups in total. The van der Waals surface area contributed by atoms with Crippen molar-refractivity contribution in [3.05, 3.63) is 29.8 Å². The lowest BCUT2D eigenvalue weighted by Gasteiger charge is -2.14. The summed E-state index contributed by atoms with van der Waals surface area (Å²) in [6.07, 6.45) is 0.345. The van der Waals surface area contributed by atoms with Crippen molar-refractivity contribution < 1.29 is 9.59 Å². The molecule has 20 heavy (non-hydrogen) atoms. The molecule has 5 nitrogen and oxygen atoms in total. The van der Waals surface area contributed by atoms with Crippen molar-refractivity contribution >= 4 is 34.8 Å². The standard InChI is InChI=1S/C14H19N3O2S/c1-4-12(18)17-14(20)16-11-8-6-5-7-10(11)13(19)15-9(2)3/h5-9H,4H2,1-3H3,(H,15,19)(H2,16,17,18,20). The van der Waals surface area contributed by atoms with E-state index in [9.17, 15) is 9.59 Å². The fraction of sp³-hybridized carbons (Fsp3) is 0.357. The highest BCUT2D eigenvalue weighted by Crippen LogP contribution is 2.15. The molecule has 1 rings (SSSR count). The molecule has 1 aromatic carbocycles. The van der Waals surface area contributed by atoms with E-state index in [0.29, 0.717) is 17.7 Å². The van der Waals surface area contributed by atoms with Crippen LogP contribution in [-0.4, -0.2) is 23.0 Å². The average Bonchev–Trinajstić information content (AvgIpc) is 2.38. The number of para-hydroxylation sites is 1. The van der Waals surface area contributed by atoms with Gasteiger partial charge in [0.05, 0.1) is 11.3 Å². The van der Waals surface area contributed by atoms with Crippen LogP contribution in [0.25, 0.3) is 0 Å². The maximum atomic E-state index is 12.1. The Balaban J connectivity index is 2.83. The third kappa shape index (κ3) is 4.97. The SMILES string of the molecule is CCC(=O)NC(=S)Nc1ccccc1C(=O)NC(C)C. The quantitative estimate of drug-likeness (QED) is 0.743. The molecule has 0 aliphatic rings. The predicted octanol–water partition coefficient (Wildman–Crippen LogP) is 2.05. The van der Waals surface area contributed by atoms with E-state index in [1.54, 1.807) is 31.2 Å². The molecule has 0 saturated carbocycles. The van der Waals surface area contributed by atoms with Crippen molar-refractivity contribution in [2.75, 3.05) is 5.32 Å². The summed E-state index contributed by atoms with van der Waals surface area (Å²) in [6, 6.07) is 7.04. The van der Waals surface area contributed by atoms with Crippen molar-refractivity contribution in [2.24, 2.45) is 0 Å². The number of amides is 2. The van der Waals surface area contributed by atoms with Gasteiger partial charge in [-0.2, -0.15) is 0 Å². The van der Waals surface area contributed by atoms with Crippen LogP contribution in [0.2, 0.25) is 0 Å². The van der Waals surface area contributed by atoms with Gasteiger partial charge < -0.3 is 16.0 Å². The minimum atomic E-state index is -0.187. The van der Waals surface area contributed by atoms with Gasteiger partial charge in [0.1, 0.15) is 0 Å². The summed E-state index contributed by atoms with van der Waals surface area (Å²) in [4.78, 5) is 23.3. The monoisotopic (exact) mass is 293 g/mol. The van der Waals surface area contributed by atoms with E-state index >= 15 is 0 Å². The molecular formula is C14H19N3O2S. The highest BCUT2D eigenvalue weighted by molar-refractivity contribution is 7.80. The fourth-order valence-corrected chi connectivity index (χ4v) is 1.72. The molecule has 0 saturated heterocycles. The van der Waals surface area contributed by atoms with Gasteiger partial charge in [-0.25, -0.2) is 0 Å². The summed E-state index contributed by atoms with van der Waals surface area (Å²) in [5.74, 6) is -0.362. The molecule has 0 bridgehead atoms. The lowest BCUT2D eigenvalue weighted by atomic mass is 10.1. The number of carbonyl (C=O) groups excluding carboxylic acids is 2. The Morgan fingerprint density at radius 1 is 1.25 bits per heavy atom. The summed E-state index contributed by atoms with van der Waals surface area (Å²) in [5, 5.41) is 8.40. The molecule has 0 atom stereocenters. The first kappa shape index (κ1) is 16.1. The molecule has 108 valence electrons. The number of rotatable bonds is 4. The molecule has 6 heteroatoms. The number of carbonyl (C=O) groups is 2. The van der Waals surface area contributed by atoms with Gasteiger partial charge in [-0.15, -0.1) is 0 Å². The molecule has 0 radical (unpaired) electrons. The van der Waals surface area contributed by atoms with Crippen LogP contribution in [0, 0.1) is 0 Å². The average molecular weight is 293 g/mol. The van der Waals surface area contributed by atoms with E-state index in [0.717, 1.165) is 0 Å². The minimum Gasteiger partial charge on any atom is -0.350 e. The van der Waals surface area contributed by atoms with Crippen LogP contribution in [0.1, 0.15) is 37.6 Å². The number of anilines is 1. The van der Waals surface area contributed by atoms with Gasteiger partial charge in [-0.3, -0.25) is 9.59 Å². The van der Waals surface area contributed by atoms with E-state index in [1.165, 1.54) is 0 Å². The number of thiocarbonyl (C=S) groups is 1. The Morgan fingerprint density at radius 2 is 1.90 bits per heavy atom. The highest BCUT2D eigenvalue weighted by Gasteiger charge is 2.13. The van der Waals surface area contributed by atoms with Gasteiger partial charge in [0.25, 0.3) is 5.91 Å². The molecule has 0 spiro atoms. The van der Waals surface area contributed by atoms with E-state index < -0.39 is 0 Å². The maximum Gasteiger partial charge on any atom is 0.253 e. The van der Waals surface area contributed by atoms with Gasteiger partial charge in [-0.05, 0) is 38.2 Å². The first-order chi connectivity index (χ1) is 9.43. The van der Waals surface area contributed by atoms with Gasteiger partial charge in [0, 0.05) is 12.5 Å². The molecule has 2 amide bonds. The van der Waals surface area contributed by atoms with Crippen LogP contribution < -0.4 is 16.0 Å². The zero-order chi connectivity index (χ0) is 15.1. The number of hydrogen-bond donors (Lipinski definition) is 3. The van der Waals surface area contributed by atoms with Crippen molar-refractivity contribution in [2.45, 2.75) is 33.2 Å². The fourth-order valence-electron chi connectivity index (χ4n) is 1.50. The molecule has 0 heterocycles. The zero-order valence-corrected chi connectivity index (χ0v) is 12.6. The van der Waals surface area contributed by atoms with Gasteiger partial charge in [0.2, 0.25) is 5.91 Å². The number of benzene rings is 1. The molecule has 0 aromatic heterocycles. The topological polar surface area (TPSA) is 70.2 Å². The van der Waals surface area contributed by atoms with Gasteiger partial charge in [0.15, 0.2) is 5.11 Å². The Morgan fingerprint density at radius 3 is 2.50 bits per heavy atom. The summed E-state index contributed by atoms with van der Waals surface area (Å²) in [5.41, 5.74) is 1.04. The Bertz CT molecular complexity index is 515. The van der Waals surface area contributed by atoms with Crippen LogP contribution in [0.15, 0.2) is 24.3 Å². The smallest absolute Gasteiger partial charge is 0.253 e. The Labute approximate surface area is 124 Å². The van der Waals surface area contributed by atoms with Gasteiger partial charge in [-0.1, -0.05) is 19.1 Å². The second kappa shape index (κ2) is 7.59. The maximum absolute atomic E-state index is 12.1. The minimum absolute atomic E-state index is 0.0438. The second-order valence-corrected chi connectivity index (χ2v) is 4.94. The van der Waals surface area contributed by atoms with E-state index in [2.05, 4.69) is 16.0 Å². The van der Waals surface area contributed by atoms with Crippen LogP contribution in [-0.2, 0) is 4.79 Å². The van der Waals surface area contributed by atoms with Crippen molar-refractivity contribution in [1.29, 1.82) is 0 Å². The predicted molar refractivity (Wildman–Crippen MR) is 83.7 cm³/mol. The number of nitrogens with one attached hydrogen (secondary N) is 3. The lowest BCUT2D eigenvalue weighted by molar-refractivity contribution is -0.119. The van der Waals surface area contributed by atoms with E-state index in [4.69, 9.17) is 12.2 Å².